The van der Waals surface area contributed by atoms with Crippen LogP contribution in [-0.4, -0.2) is 15.6 Å². The maximum Gasteiger partial charge on any atom is 0.371 e. The van der Waals surface area contributed by atoms with Gasteiger partial charge in [-0.3, -0.25) is 0 Å². The molecule has 86 valence electrons. The zero-order valence-corrected chi connectivity index (χ0v) is 9.52. The number of aryl methyl sites for hydroxylation is 2. The number of benzene rings is 1. The van der Waals surface area contributed by atoms with Crippen molar-refractivity contribution in [2.75, 3.05) is 0 Å². The van der Waals surface area contributed by atoms with Crippen molar-refractivity contribution >= 4 is 28.0 Å². The number of aromatic nitrogens is 1. The van der Waals surface area contributed by atoms with E-state index in [0.29, 0.717) is 5.58 Å². The van der Waals surface area contributed by atoms with E-state index in [2.05, 4.69) is 6.07 Å². The molecule has 0 aliphatic heterocycles. The highest BCUT2D eigenvalue weighted by molar-refractivity contribution is 6.06. The Morgan fingerprint density at radius 2 is 2.06 bits per heavy atom. The molecule has 4 nitrogen and oxygen atoms in total. The van der Waals surface area contributed by atoms with E-state index in [-0.39, 0.29) is 5.76 Å². The van der Waals surface area contributed by atoms with Gasteiger partial charge in [0, 0.05) is 18.5 Å². The van der Waals surface area contributed by atoms with Gasteiger partial charge in [-0.2, -0.15) is 0 Å². The van der Waals surface area contributed by atoms with Crippen molar-refractivity contribution in [1.29, 1.82) is 0 Å². The molecule has 3 aromatic rings. The van der Waals surface area contributed by atoms with Crippen molar-refractivity contribution in [2.45, 2.75) is 6.92 Å². The molecule has 0 radical (unpaired) electrons. The van der Waals surface area contributed by atoms with Crippen molar-refractivity contribution in [3.05, 3.63) is 35.6 Å². The molecule has 0 spiro atoms. The van der Waals surface area contributed by atoms with E-state index in [0.717, 1.165) is 16.4 Å². The highest BCUT2D eigenvalue weighted by Crippen LogP contribution is 2.31. The lowest BCUT2D eigenvalue weighted by atomic mass is 10.2. The third-order valence-corrected chi connectivity index (χ3v) is 3.04. The van der Waals surface area contributed by atoms with Crippen LogP contribution in [-0.2, 0) is 7.05 Å². The lowest BCUT2D eigenvalue weighted by Crippen LogP contribution is -1.92. The second-order valence-corrected chi connectivity index (χ2v) is 4.21. The third-order valence-electron chi connectivity index (χ3n) is 3.04. The van der Waals surface area contributed by atoms with Gasteiger partial charge in [-0.15, -0.1) is 0 Å². The maximum absolute atomic E-state index is 10.9. The average Bonchev–Trinajstić information content (AvgIpc) is 2.80. The van der Waals surface area contributed by atoms with Crippen LogP contribution in [0.1, 0.15) is 16.1 Å². The number of hydrogen-bond donors (Lipinski definition) is 1. The largest absolute Gasteiger partial charge is 0.475 e. The Morgan fingerprint density at radius 3 is 2.76 bits per heavy atom. The van der Waals surface area contributed by atoms with Crippen LogP contribution in [0.25, 0.3) is 22.0 Å². The summed E-state index contributed by atoms with van der Waals surface area (Å²) in [6.45, 7) is 2.02. The Kier molecular flexibility index (Phi) is 1.84. The van der Waals surface area contributed by atoms with Crippen LogP contribution in [0, 0.1) is 6.92 Å². The van der Waals surface area contributed by atoms with Crippen LogP contribution >= 0.6 is 0 Å². The van der Waals surface area contributed by atoms with Crippen molar-refractivity contribution in [3.63, 3.8) is 0 Å². The zero-order chi connectivity index (χ0) is 12.2. The molecule has 3 rings (SSSR count). The number of carboxylic acids is 1. The fraction of sp³-hybridized carbons (Fsp3) is 0.154. The summed E-state index contributed by atoms with van der Waals surface area (Å²) in [7, 11) is 1.91. The van der Waals surface area contributed by atoms with Crippen LogP contribution < -0.4 is 0 Å². The summed E-state index contributed by atoms with van der Waals surface area (Å²) in [5.74, 6) is -1.06. The lowest BCUT2D eigenvalue weighted by molar-refractivity contribution is 0.0665. The molecule has 1 aromatic carbocycles. The molecule has 17 heavy (non-hydrogen) atoms. The van der Waals surface area contributed by atoms with Crippen LogP contribution in [0.3, 0.4) is 0 Å². The summed E-state index contributed by atoms with van der Waals surface area (Å²) >= 11 is 0. The molecule has 0 fully saturated rings. The molecule has 0 aliphatic rings. The minimum atomic E-state index is -1.04. The molecular weight excluding hydrogens is 218 g/mol. The van der Waals surface area contributed by atoms with Gasteiger partial charge in [0.25, 0.3) is 0 Å². The molecular formula is C13H11NO3. The predicted molar refractivity (Wildman–Crippen MR) is 64.4 cm³/mol. The Bertz CT molecular complexity index is 749. The topological polar surface area (TPSA) is 55.4 Å². The van der Waals surface area contributed by atoms with Gasteiger partial charge in [0.15, 0.2) is 5.58 Å². The van der Waals surface area contributed by atoms with Gasteiger partial charge < -0.3 is 14.1 Å². The van der Waals surface area contributed by atoms with Gasteiger partial charge in [0.2, 0.25) is 5.76 Å². The fourth-order valence-electron chi connectivity index (χ4n) is 2.17. The quantitative estimate of drug-likeness (QED) is 0.698. The summed E-state index contributed by atoms with van der Waals surface area (Å²) in [6, 6.07) is 7.57. The van der Waals surface area contributed by atoms with E-state index in [4.69, 9.17) is 9.52 Å². The lowest BCUT2D eigenvalue weighted by Gasteiger charge is -1.97. The number of rotatable bonds is 1. The first kappa shape index (κ1) is 9.96. The summed E-state index contributed by atoms with van der Waals surface area (Å²) in [5.41, 5.74) is 3.66. The molecule has 0 amide bonds. The molecule has 0 aliphatic carbocycles. The highest BCUT2D eigenvalue weighted by atomic mass is 16.4. The van der Waals surface area contributed by atoms with Crippen molar-refractivity contribution < 1.29 is 14.3 Å². The normalized spacial score (nSPS) is 11.4. The standard InChI is InChI=1S/C13H11NO3/c1-7-3-4-8-9(5-7)14(2)10-6-11(13(15)16)17-12(8)10/h3-6H,1-2H3,(H,15,16). The molecule has 2 aromatic heterocycles. The van der Waals surface area contributed by atoms with Crippen LogP contribution in [0.15, 0.2) is 28.7 Å². The molecule has 0 bridgehead atoms. The van der Waals surface area contributed by atoms with Gasteiger partial charge in [-0.25, -0.2) is 4.79 Å². The number of aromatic carboxylic acids is 1. The van der Waals surface area contributed by atoms with Crippen LogP contribution in [0.5, 0.6) is 0 Å². The molecule has 2 heterocycles. The van der Waals surface area contributed by atoms with Gasteiger partial charge in [0.05, 0.1) is 11.0 Å². The molecule has 4 heteroatoms. The number of carbonyl (C=O) groups is 1. The first-order valence-corrected chi connectivity index (χ1v) is 5.30. The van der Waals surface area contributed by atoms with Crippen molar-refractivity contribution in [3.8, 4) is 0 Å². The zero-order valence-electron chi connectivity index (χ0n) is 9.52. The van der Waals surface area contributed by atoms with Gasteiger partial charge in [0.1, 0.15) is 0 Å². The van der Waals surface area contributed by atoms with E-state index in [1.165, 1.54) is 5.56 Å². The Hall–Kier alpha value is -2.23. The summed E-state index contributed by atoms with van der Waals surface area (Å²) in [4.78, 5) is 10.9. The molecule has 0 saturated carbocycles. The number of hydrogen-bond acceptors (Lipinski definition) is 2. The van der Waals surface area contributed by atoms with Gasteiger partial charge in [-0.05, 0) is 24.6 Å². The van der Waals surface area contributed by atoms with E-state index in [1.807, 2.05) is 30.7 Å². The summed E-state index contributed by atoms with van der Waals surface area (Å²) in [6.07, 6.45) is 0. The molecule has 1 N–H and O–H groups in total. The second kappa shape index (κ2) is 3.13. The van der Waals surface area contributed by atoms with E-state index in [1.54, 1.807) is 6.07 Å². The number of fused-ring (bicyclic) bond motifs is 3. The van der Waals surface area contributed by atoms with E-state index in [9.17, 15) is 4.79 Å². The Labute approximate surface area is 97.1 Å². The van der Waals surface area contributed by atoms with Gasteiger partial charge >= 0.3 is 5.97 Å². The average molecular weight is 229 g/mol. The number of carboxylic acid groups (broad SMARTS) is 1. The van der Waals surface area contributed by atoms with E-state index >= 15 is 0 Å². The highest BCUT2D eigenvalue weighted by Gasteiger charge is 2.16. The number of furan rings is 1. The number of nitrogens with zero attached hydrogens (tertiary/aromatic N) is 1. The SMILES string of the molecule is Cc1ccc2c3oc(C(=O)O)cc3n(C)c2c1. The first-order valence-electron chi connectivity index (χ1n) is 5.30. The molecule has 0 saturated heterocycles. The van der Waals surface area contributed by atoms with Crippen LogP contribution in [0.4, 0.5) is 0 Å². The second-order valence-electron chi connectivity index (χ2n) is 4.21. The summed E-state index contributed by atoms with van der Waals surface area (Å²) in [5, 5.41) is 9.85. The van der Waals surface area contributed by atoms with Crippen molar-refractivity contribution in [1.82, 2.24) is 4.57 Å². The maximum atomic E-state index is 10.9. The monoisotopic (exact) mass is 229 g/mol. The fourth-order valence-corrected chi connectivity index (χ4v) is 2.17. The minimum Gasteiger partial charge on any atom is -0.475 e. The molecule has 0 atom stereocenters. The van der Waals surface area contributed by atoms with Gasteiger partial charge in [-0.1, -0.05) is 6.07 Å². The van der Waals surface area contributed by atoms with Crippen molar-refractivity contribution in [2.24, 2.45) is 7.05 Å². The smallest absolute Gasteiger partial charge is 0.371 e. The molecule has 0 unspecified atom stereocenters. The van der Waals surface area contributed by atoms with E-state index < -0.39 is 5.97 Å². The van der Waals surface area contributed by atoms with Crippen LogP contribution in [0.2, 0.25) is 0 Å². The Balaban J connectivity index is 2.46. The minimum absolute atomic E-state index is 0.0203. The Morgan fingerprint density at radius 1 is 1.29 bits per heavy atom. The third kappa shape index (κ3) is 1.27. The predicted octanol–water partition coefficient (Wildman–Crippen LogP) is 2.93. The first-order chi connectivity index (χ1) is 8.08. The summed E-state index contributed by atoms with van der Waals surface area (Å²) < 4.78 is 7.34.